The first-order valence-electron chi connectivity index (χ1n) is 6.55. The van der Waals surface area contributed by atoms with Crippen LogP contribution in [0.1, 0.15) is 37.7 Å². The Hall–Kier alpha value is -1.09. The molecule has 1 aromatic carbocycles. The predicted molar refractivity (Wildman–Crippen MR) is 73.0 cm³/mol. The summed E-state index contributed by atoms with van der Waals surface area (Å²) < 4.78 is 0. The Labute approximate surface area is 112 Å². The first kappa shape index (κ1) is 13.3. The Morgan fingerprint density at radius 3 is 2.72 bits per heavy atom. The second-order valence-electron chi connectivity index (χ2n) is 5.00. The van der Waals surface area contributed by atoms with Crippen LogP contribution in [0.2, 0.25) is 0 Å². The van der Waals surface area contributed by atoms with Crippen LogP contribution in [-0.2, 0) is 6.42 Å². The second-order valence-corrected chi connectivity index (χ2v) is 5.56. The molecule has 0 bridgehead atoms. The second kappa shape index (κ2) is 6.19. The van der Waals surface area contributed by atoms with Crippen LogP contribution >= 0.6 is 11.6 Å². The Morgan fingerprint density at radius 1 is 1.22 bits per heavy atom. The van der Waals surface area contributed by atoms with E-state index in [2.05, 4.69) is 0 Å². The average molecular weight is 268 g/mol. The lowest BCUT2D eigenvalue weighted by molar-refractivity contribution is -0.385. The van der Waals surface area contributed by atoms with E-state index in [4.69, 9.17) is 11.6 Å². The van der Waals surface area contributed by atoms with Crippen molar-refractivity contribution in [1.29, 1.82) is 0 Å². The zero-order valence-electron chi connectivity index (χ0n) is 10.3. The van der Waals surface area contributed by atoms with Crippen molar-refractivity contribution in [2.45, 2.75) is 43.9 Å². The van der Waals surface area contributed by atoms with Gasteiger partial charge in [-0.25, -0.2) is 0 Å². The van der Waals surface area contributed by atoms with E-state index >= 15 is 0 Å². The molecular formula is C14H18ClNO2. The minimum atomic E-state index is -0.296. The highest BCUT2D eigenvalue weighted by atomic mass is 35.5. The van der Waals surface area contributed by atoms with E-state index in [0.717, 1.165) is 24.8 Å². The van der Waals surface area contributed by atoms with Gasteiger partial charge in [0, 0.05) is 17.0 Å². The van der Waals surface area contributed by atoms with Crippen molar-refractivity contribution in [2.75, 3.05) is 0 Å². The average Bonchev–Trinajstić information content (AvgIpc) is 2.55. The largest absolute Gasteiger partial charge is 0.272 e. The number of hydrogen-bond donors (Lipinski definition) is 0. The van der Waals surface area contributed by atoms with Crippen LogP contribution in [0.25, 0.3) is 0 Å². The van der Waals surface area contributed by atoms with Gasteiger partial charge in [0.05, 0.1) is 4.92 Å². The maximum atomic E-state index is 11.0. The van der Waals surface area contributed by atoms with Crippen LogP contribution in [0.3, 0.4) is 0 Å². The highest BCUT2D eigenvalue weighted by Crippen LogP contribution is 2.32. The van der Waals surface area contributed by atoms with Crippen molar-refractivity contribution in [3.63, 3.8) is 0 Å². The summed E-state index contributed by atoms with van der Waals surface area (Å²) in [7, 11) is 0. The fourth-order valence-electron chi connectivity index (χ4n) is 2.71. The molecule has 18 heavy (non-hydrogen) atoms. The van der Waals surface area contributed by atoms with E-state index < -0.39 is 0 Å². The monoisotopic (exact) mass is 267 g/mol. The Kier molecular flexibility index (Phi) is 4.59. The van der Waals surface area contributed by atoms with Crippen molar-refractivity contribution in [3.05, 3.63) is 39.9 Å². The molecule has 2 rings (SSSR count). The molecule has 0 aliphatic heterocycles. The maximum absolute atomic E-state index is 11.0. The van der Waals surface area contributed by atoms with Gasteiger partial charge in [0.15, 0.2) is 0 Å². The van der Waals surface area contributed by atoms with Gasteiger partial charge in [0.2, 0.25) is 0 Å². The molecule has 0 heterocycles. The Morgan fingerprint density at radius 2 is 1.94 bits per heavy atom. The summed E-state index contributed by atoms with van der Waals surface area (Å²) in [5.41, 5.74) is 1.05. The SMILES string of the molecule is O=[N+]([O-])c1ccccc1CC1CCCCCC1Cl. The molecule has 3 nitrogen and oxygen atoms in total. The molecular weight excluding hydrogens is 250 g/mol. The fourth-order valence-corrected chi connectivity index (χ4v) is 3.08. The minimum absolute atomic E-state index is 0.160. The van der Waals surface area contributed by atoms with Crippen LogP contribution in [-0.4, -0.2) is 10.3 Å². The summed E-state index contributed by atoms with van der Waals surface area (Å²) in [5.74, 6) is 0.371. The maximum Gasteiger partial charge on any atom is 0.272 e. The lowest BCUT2D eigenvalue weighted by atomic mass is 9.91. The summed E-state index contributed by atoms with van der Waals surface area (Å²) in [6.07, 6.45) is 6.45. The molecule has 1 aliphatic rings. The molecule has 1 saturated carbocycles. The summed E-state index contributed by atoms with van der Waals surface area (Å²) in [4.78, 5) is 10.7. The third-order valence-corrected chi connectivity index (χ3v) is 4.31. The van der Waals surface area contributed by atoms with E-state index in [1.807, 2.05) is 12.1 Å². The first-order chi connectivity index (χ1) is 8.68. The molecule has 0 radical (unpaired) electrons. The first-order valence-corrected chi connectivity index (χ1v) is 6.98. The molecule has 4 heteroatoms. The van der Waals surface area contributed by atoms with Crippen LogP contribution in [0.5, 0.6) is 0 Å². The number of alkyl halides is 1. The number of halogens is 1. The fraction of sp³-hybridized carbons (Fsp3) is 0.571. The number of hydrogen-bond acceptors (Lipinski definition) is 2. The summed E-state index contributed by atoms with van der Waals surface area (Å²) in [5, 5.41) is 11.1. The smallest absolute Gasteiger partial charge is 0.258 e. The number of rotatable bonds is 3. The van der Waals surface area contributed by atoms with Crippen LogP contribution in [0, 0.1) is 16.0 Å². The standard InChI is InChI=1S/C14H18ClNO2/c15-13-8-3-1-2-6-11(13)10-12-7-4-5-9-14(12)16(17)18/h4-5,7,9,11,13H,1-3,6,8,10H2. The highest BCUT2D eigenvalue weighted by Gasteiger charge is 2.24. The van der Waals surface area contributed by atoms with Gasteiger partial charge in [-0.05, 0) is 25.2 Å². The zero-order chi connectivity index (χ0) is 13.0. The molecule has 1 aliphatic carbocycles. The molecule has 0 N–H and O–H groups in total. The number of para-hydroxylation sites is 1. The van der Waals surface area contributed by atoms with E-state index in [1.54, 1.807) is 12.1 Å². The lowest BCUT2D eigenvalue weighted by Crippen LogP contribution is -2.16. The Balaban J connectivity index is 2.14. The number of nitro groups is 1. The van der Waals surface area contributed by atoms with Gasteiger partial charge < -0.3 is 0 Å². The quantitative estimate of drug-likeness (QED) is 0.354. The van der Waals surface area contributed by atoms with Gasteiger partial charge in [0.1, 0.15) is 0 Å². The van der Waals surface area contributed by atoms with Gasteiger partial charge in [-0.3, -0.25) is 10.1 Å². The molecule has 0 aromatic heterocycles. The van der Waals surface area contributed by atoms with Gasteiger partial charge in [-0.15, -0.1) is 11.6 Å². The molecule has 0 saturated heterocycles. The highest BCUT2D eigenvalue weighted by molar-refractivity contribution is 6.20. The zero-order valence-corrected chi connectivity index (χ0v) is 11.1. The van der Waals surface area contributed by atoms with Gasteiger partial charge in [0.25, 0.3) is 5.69 Å². The molecule has 1 aromatic rings. The van der Waals surface area contributed by atoms with E-state index in [1.165, 1.54) is 19.3 Å². The van der Waals surface area contributed by atoms with E-state index in [9.17, 15) is 10.1 Å². The third kappa shape index (κ3) is 3.22. The third-order valence-electron chi connectivity index (χ3n) is 3.74. The predicted octanol–water partition coefficient (Wildman–Crippen LogP) is 4.33. The van der Waals surface area contributed by atoms with Crippen LogP contribution in [0.15, 0.2) is 24.3 Å². The molecule has 0 spiro atoms. The number of nitrogens with zero attached hydrogens (tertiary/aromatic N) is 1. The summed E-state index contributed by atoms with van der Waals surface area (Å²) >= 11 is 6.40. The van der Waals surface area contributed by atoms with E-state index in [0.29, 0.717) is 5.92 Å². The summed E-state index contributed by atoms with van der Waals surface area (Å²) in [6, 6.07) is 7.01. The van der Waals surface area contributed by atoms with Crippen LogP contribution in [0.4, 0.5) is 5.69 Å². The van der Waals surface area contributed by atoms with Gasteiger partial charge >= 0.3 is 0 Å². The summed E-state index contributed by atoms with van der Waals surface area (Å²) in [6.45, 7) is 0. The molecule has 98 valence electrons. The number of nitro benzene ring substituents is 1. The van der Waals surface area contributed by atoms with Gasteiger partial charge in [-0.1, -0.05) is 37.5 Å². The number of benzene rings is 1. The van der Waals surface area contributed by atoms with Crippen molar-refractivity contribution >= 4 is 17.3 Å². The molecule has 2 unspecified atom stereocenters. The van der Waals surface area contributed by atoms with Gasteiger partial charge in [-0.2, -0.15) is 0 Å². The molecule has 1 fully saturated rings. The van der Waals surface area contributed by atoms with Crippen LogP contribution < -0.4 is 0 Å². The molecule has 2 atom stereocenters. The Bertz CT molecular complexity index is 422. The van der Waals surface area contributed by atoms with Crippen molar-refractivity contribution in [1.82, 2.24) is 0 Å². The topological polar surface area (TPSA) is 43.1 Å². The van der Waals surface area contributed by atoms with Crippen molar-refractivity contribution < 1.29 is 4.92 Å². The molecule has 0 amide bonds. The van der Waals surface area contributed by atoms with Crippen molar-refractivity contribution in [3.8, 4) is 0 Å². The normalized spacial score (nSPS) is 24.5. The van der Waals surface area contributed by atoms with E-state index in [-0.39, 0.29) is 16.0 Å². The minimum Gasteiger partial charge on any atom is -0.258 e. The van der Waals surface area contributed by atoms with Crippen molar-refractivity contribution in [2.24, 2.45) is 5.92 Å². The lowest BCUT2D eigenvalue weighted by Gasteiger charge is -2.19.